The van der Waals surface area contributed by atoms with Crippen LogP contribution in [-0.2, 0) is 4.79 Å². The second-order valence-corrected chi connectivity index (χ2v) is 8.24. The highest BCUT2D eigenvalue weighted by Gasteiger charge is 2.16. The summed E-state index contributed by atoms with van der Waals surface area (Å²) in [5, 5.41) is 6.16. The average Bonchev–Trinajstić information content (AvgIpc) is 3.30. The molecule has 0 saturated heterocycles. The van der Waals surface area contributed by atoms with Gasteiger partial charge in [-0.1, -0.05) is 54.6 Å². The van der Waals surface area contributed by atoms with Crippen LogP contribution in [0.25, 0.3) is 38.4 Å². The lowest BCUT2D eigenvalue weighted by molar-refractivity contribution is -0.111. The van der Waals surface area contributed by atoms with E-state index in [-0.39, 0.29) is 5.91 Å². The zero-order chi connectivity index (χ0) is 24.4. The monoisotopic (exact) mass is 463 g/mol. The van der Waals surface area contributed by atoms with Crippen molar-refractivity contribution in [2.75, 3.05) is 19.5 Å². The number of carbonyl (C=O) groups is 1. The van der Waals surface area contributed by atoms with Gasteiger partial charge in [0.15, 0.2) is 0 Å². The third-order valence-electron chi connectivity index (χ3n) is 6.11. The van der Waals surface area contributed by atoms with Crippen molar-refractivity contribution in [3.8, 4) is 22.6 Å². The van der Waals surface area contributed by atoms with Gasteiger partial charge in [-0.15, -0.1) is 0 Å². The van der Waals surface area contributed by atoms with E-state index in [1.54, 1.807) is 38.7 Å². The van der Waals surface area contributed by atoms with E-state index in [0.717, 1.165) is 44.0 Å². The number of para-hydroxylation sites is 2. The number of hydrogen-bond acceptors (Lipinski definition) is 4. The van der Waals surface area contributed by atoms with Crippen LogP contribution in [0.15, 0.2) is 95.6 Å². The summed E-state index contributed by atoms with van der Waals surface area (Å²) in [6.07, 6.45) is 3.34. The fraction of sp³-hybridized carbons (Fsp3) is 0.100. The zero-order valence-corrected chi connectivity index (χ0v) is 19.8. The Labute approximate surface area is 203 Å². The average molecular weight is 464 g/mol. The molecule has 174 valence electrons. The molecule has 1 aromatic heterocycles. The van der Waals surface area contributed by atoms with Gasteiger partial charge >= 0.3 is 0 Å². The topological polar surface area (TPSA) is 60.7 Å². The molecule has 0 saturated carbocycles. The summed E-state index contributed by atoms with van der Waals surface area (Å²) >= 11 is 0. The second kappa shape index (κ2) is 9.39. The Morgan fingerprint density at radius 3 is 2.40 bits per heavy atom. The van der Waals surface area contributed by atoms with Crippen LogP contribution in [0.5, 0.6) is 11.5 Å². The lowest BCUT2D eigenvalue weighted by Gasteiger charge is -2.11. The highest BCUT2D eigenvalue weighted by molar-refractivity contribution is 6.07. The van der Waals surface area contributed by atoms with Gasteiger partial charge in [-0.3, -0.25) is 4.79 Å². The molecule has 35 heavy (non-hydrogen) atoms. The Bertz CT molecular complexity index is 1570. The van der Waals surface area contributed by atoms with Crippen molar-refractivity contribution < 1.29 is 18.7 Å². The lowest BCUT2D eigenvalue weighted by atomic mass is 9.96. The number of furan rings is 1. The largest absolute Gasteiger partial charge is 0.496 e. The molecule has 0 unspecified atom stereocenters. The molecule has 5 rings (SSSR count). The maximum Gasteiger partial charge on any atom is 0.248 e. The lowest BCUT2D eigenvalue weighted by Crippen LogP contribution is -2.09. The quantitative estimate of drug-likeness (QED) is 0.268. The van der Waals surface area contributed by atoms with E-state index in [9.17, 15) is 4.79 Å². The van der Waals surface area contributed by atoms with Gasteiger partial charge in [-0.2, -0.15) is 0 Å². The van der Waals surface area contributed by atoms with Gasteiger partial charge in [-0.25, -0.2) is 0 Å². The van der Waals surface area contributed by atoms with Crippen molar-refractivity contribution in [3.05, 3.63) is 96.8 Å². The van der Waals surface area contributed by atoms with Crippen LogP contribution < -0.4 is 14.8 Å². The summed E-state index contributed by atoms with van der Waals surface area (Å²) < 4.78 is 16.9. The Morgan fingerprint density at radius 2 is 1.57 bits per heavy atom. The number of nitrogens with one attached hydrogen (secondary N) is 1. The van der Waals surface area contributed by atoms with Crippen molar-refractivity contribution in [3.63, 3.8) is 0 Å². The van der Waals surface area contributed by atoms with Crippen molar-refractivity contribution in [1.29, 1.82) is 0 Å². The van der Waals surface area contributed by atoms with Crippen LogP contribution in [0.2, 0.25) is 0 Å². The molecule has 0 aliphatic heterocycles. The van der Waals surface area contributed by atoms with E-state index in [4.69, 9.17) is 13.9 Å². The molecule has 0 radical (unpaired) electrons. The third-order valence-corrected chi connectivity index (χ3v) is 6.11. The smallest absolute Gasteiger partial charge is 0.248 e. The van der Waals surface area contributed by atoms with E-state index in [1.165, 1.54) is 0 Å². The molecule has 4 aromatic carbocycles. The van der Waals surface area contributed by atoms with Gasteiger partial charge in [0.2, 0.25) is 5.91 Å². The number of benzene rings is 4. The molecule has 0 fully saturated rings. The van der Waals surface area contributed by atoms with Crippen LogP contribution in [0.4, 0.5) is 5.69 Å². The van der Waals surface area contributed by atoms with Crippen LogP contribution >= 0.6 is 0 Å². The third kappa shape index (κ3) is 4.24. The number of fused-ring (bicyclic) bond motifs is 2. The number of methoxy groups -OCH3 is 2. The minimum absolute atomic E-state index is 0.254. The van der Waals surface area contributed by atoms with E-state index in [0.29, 0.717) is 17.2 Å². The van der Waals surface area contributed by atoms with Crippen molar-refractivity contribution in [2.45, 2.75) is 6.92 Å². The van der Waals surface area contributed by atoms with Crippen LogP contribution in [0, 0.1) is 0 Å². The molecule has 0 bridgehead atoms. The Kier molecular flexibility index (Phi) is 5.98. The summed E-state index contributed by atoms with van der Waals surface area (Å²) in [4.78, 5) is 12.8. The number of carbonyl (C=O) groups excluding carboxylic acids is 1. The predicted octanol–water partition coefficient (Wildman–Crippen LogP) is 7.31. The molecule has 5 nitrogen and oxygen atoms in total. The summed E-state index contributed by atoms with van der Waals surface area (Å²) in [5.41, 5.74) is 5.00. The molecule has 1 N–H and O–H groups in total. The van der Waals surface area contributed by atoms with Crippen LogP contribution in [0.1, 0.15) is 12.5 Å². The Hall–Kier alpha value is -4.51. The Balaban J connectivity index is 1.56. The molecular weight excluding hydrogens is 438 g/mol. The van der Waals surface area contributed by atoms with Gasteiger partial charge < -0.3 is 19.2 Å². The zero-order valence-electron chi connectivity index (χ0n) is 19.8. The first-order valence-electron chi connectivity index (χ1n) is 11.3. The molecule has 0 aliphatic carbocycles. The number of allylic oxidation sites excluding steroid dienone is 1. The van der Waals surface area contributed by atoms with Gasteiger partial charge in [0.25, 0.3) is 0 Å². The first-order valence-corrected chi connectivity index (χ1v) is 11.3. The summed E-state index contributed by atoms with van der Waals surface area (Å²) in [6.45, 7) is 1.89. The highest BCUT2D eigenvalue weighted by atomic mass is 16.5. The van der Waals surface area contributed by atoms with E-state index >= 15 is 0 Å². The highest BCUT2D eigenvalue weighted by Crippen LogP contribution is 2.39. The number of hydrogen-bond donors (Lipinski definition) is 1. The van der Waals surface area contributed by atoms with Crippen LogP contribution in [-0.4, -0.2) is 20.1 Å². The summed E-state index contributed by atoms with van der Waals surface area (Å²) in [6, 6.07) is 25.7. The molecule has 0 atom stereocenters. The van der Waals surface area contributed by atoms with E-state index in [1.807, 2.05) is 49.4 Å². The van der Waals surface area contributed by atoms with Crippen LogP contribution in [0.3, 0.4) is 0 Å². The minimum Gasteiger partial charge on any atom is -0.496 e. The first kappa shape index (κ1) is 22.3. The molecule has 1 amide bonds. The molecule has 5 heteroatoms. The molecule has 5 aromatic rings. The maximum absolute atomic E-state index is 12.8. The van der Waals surface area contributed by atoms with E-state index in [2.05, 4.69) is 29.6 Å². The minimum atomic E-state index is -0.254. The Morgan fingerprint density at radius 1 is 0.829 bits per heavy atom. The summed E-state index contributed by atoms with van der Waals surface area (Å²) in [7, 11) is 3.19. The maximum atomic E-state index is 12.8. The van der Waals surface area contributed by atoms with Crippen molar-refractivity contribution >= 4 is 38.9 Å². The standard InChI is InChI=1S/C30H25NO4/c1-19(15-30(32)31-26-13-6-7-14-27(26)33-2)23-16-24-25(18-35-29(24)17-28(23)34-3)22-12-8-10-20-9-4-5-11-21(20)22/h4-18H,1-3H3,(H,31,32)/b19-15+. The van der Waals surface area contributed by atoms with Gasteiger partial charge in [-0.05, 0) is 47.0 Å². The number of ether oxygens (including phenoxy) is 2. The number of amides is 1. The predicted molar refractivity (Wildman–Crippen MR) is 141 cm³/mol. The van der Waals surface area contributed by atoms with Crippen molar-refractivity contribution in [1.82, 2.24) is 0 Å². The molecule has 0 aliphatic rings. The van der Waals surface area contributed by atoms with Gasteiger partial charge in [0.05, 0.1) is 26.2 Å². The van der Waals surface area contributed by atoms with E-state index < -0.39 is 0 Å². The molecule has 1 heterocycles. The second-order valence-electron chi connectivity index (χ2n) is 8.24. The fourth-order valence-corrected chi connectivity index (χ4v) is 4.39. The number of anilines is 1. The molecular formula is C30H25NO4. The fourth-order valence-electron chi connectivity index (χ4n) is 4.39. The normalized spacial score (nSPS) is 11.6. The van der Waals surface area contributed by atoms with Gasteiger partial charge in [0, 0.05) is 28.7 Å². The summed E-state index contributed by atoms with van der Waals surface area (Å²) in [5.74, 6) is 0.981. The number of rotatable bonds is 6. The molecule has 0 spiro atoms. The van der Waals surface area contributed by atoms with Gasteiger partial charge in [0.1, 0.15) is 17.1 Å². The first-order chi connectivity index (χ1) is 17.1. The van der Waals surface area contributed by atoms with Crippen molar-refractivity contribution in [2.24, 2.45) is 0 Å². The SMILES string of the molecule is COc1ccccc1NC(=O)/C=C(\C)c1cc2c(-c3cccc4ccccc34)coc2cc1OC.